The van der Waals surface area contributed by atoms with Gasteiger partial charge in [-0.25, -0.2) is 4.39 Å². The van der Waals surface area contributed by atoms with Crippen molar-refractivity contribution in [2.24, 2.45) is 0 Å². The highest BCUT2D eigenvalue weighted by Crippen LogP contribution is 2.20. The molecule has 0 aliphatic carbocycles. The van der Waals surface area contributed by atoms with Crippen molar-refractivity contribution in [2.75, 3.05) is 5.32 Å². The fraction of sp³-hybridized carbons (Fsp3) is 0.0833. The monoisotopic (exact) mass is 342 g/mol. The van der Waals surface area contributed by atoms with Gasteiger partial charge in [-0.1, -0.05) is 0 Å². The molecule has 0 saturated carbocycles. The number of nitriles is 1. The Morgan fingerprint density at radius 1 is 1.35 bits per heavy atom. The summed E-state index contributed by atoms with van der Waals surface area (Å²) in [5.74, 6) is 0.696. The SMILES string of the molecule is N#Cc1ccc(CNc2ccc(F)cc2I)o1. The fourth-order valence-electron chi connectivity index (χ4n) is 1.35. The minimum absolute atomic E-state index is 0.260. The van der Waals surface area contributed by atoms with Crippen molar-refractivity contribution in [1.29, 1.82) is 5.26 Å². The lowest BCUT2D eigenvalue weighted by Crippen LogP contribution is -2.00. The molecular weight excluding hydrogens is 334 g/mol. The lowest BCUT2D eigenvalue weighted by molar-refractivity contribution is 0.506. The van der Waals surface area contributed by atoms with Crippen LogP contribution in [0.3, 0.4) is 0 Å². The average Bonchev–Trinajstić information content (AvgIpc) is 2.76. The zero-order valence-electron chi connectivity index (χ0n) is 8.71. The molecule has 0 aliphatic rings. The van der Waals surface area contributed by atoms with Gasteiger partial charge in [-0.15, -0.1) is 0 Å². The van der Waals surface area contributed by atoms with Gasteiger partial charge in [-0.2, -0.15) is 5.26 Å². The first kappa shape index (κ1) is 11.9. The van der Waals surface area contributed by atoms with E-state index < -0.39 is 0 Å². The van der Waals surface area contributed by atoms with Gasteiger partial charge in [0.1, 0.15) is 17.6 Å². The number of nitrogens with zero attached hydrogens (tertiary/aromatic N) is 1. The second-order valence-electron chi connectivity index (χ2n) is 3.36. The summed E-state index contributed by atoms with van der Waals surface area (Å²) in [5.41, 5.74) is 0.835. The van der Waals surface area contributed by atoms with Gasteiger partial charge in [0.05, 0.1) is 6.54 Å². The van der Waals surface area contributed by atoms with Gasteiger partial charge in [0.25, 0.3) is 0 Å². The maximum absolute atomic E-state index is 12.9. The number of hydrogen-bond donors (Lipinski definition) is 1. The van der Waals surface area contributed by atoms with E-state index in [1.54, 1.807) is 18.2 Å². The first-order valence-corrected chi connectivity index (χ1v) is 5.94. The molecule has 0 fully saturated rings. The molecule has 1 heterocycles. The Balaban J connectivity index is 2.05. The van der Waals surface area contributed by atoms with Gasteiger partial charge in [0, 0.05) is 9.26 Å². The van der Waals surface area contributed by atoms with E-state index in [0.29, 0.717) is 12.3 Å². The van der Waals surface area contributed by atoms with Crippen LogP contribution in [0.2, 0.25) is 0 Å². The Labute approximate surface area is 111 Å². The molecule has 0 saturated heterocycles. The first-order chi connectivity index (χ1) is 8.19. The predicted octanol–water partition coefficient (Wildman–Crippen LogP) is 3.51. The fourth-order valence-corrected chi connectivity index (χ4v) is 2.02. The van der Waals surface area contributed by atoms with Gasteiger partial charge in [0.2, 0.25) is 5.76 Å². The highest BCUT2D eigenvalue weighted by atomic mass is 127. The second kappa shape index (κ2) is 5.19. The molecule has 17 heavy (non-hydrogen) atoms. The largest absolute Gasteiger partial charge is 0.449 e. The van der Waals surface area contributed by atoms with Crippen molar-refractivity contribution in [1.82, 2.24) is 0 Å². The highest BCUT2D eigenvalue weighted by Gasteiger charge is 2.04. The van der Waals surface area contributed by atoms with Crippen LogP contribution in [0, 0.1) is 20.7 Å². The minimum Gasteiger partial charge on any atom is -0.449 e. The molecule has 5 heteroatoms. The van der Waals surface area contributed by atoms with E-state index in [2.05, 4.69) is 27.9 Å². The summed E-state index contributed by atoms with van der Waals surface area (Å²) in [6.45, 7) is 0.462. The number of benzene rings is 1. The Hall–Kier alpha value is -1.55. The van der Waals surface area contributed by atoms with E-state index in [1.807, 2.05) is 6.07 Å². The van der Waals surface area contributed by atoms with Crippen molar-refractivity contribution in [3.63, 3.8) is 0 Å². The molecule has 1 N–H and O–H groups in total. The van der Waals surface area contributed by atoms with E-state index in [0.717, 1.165) is 9.26 Å². The Kier molecular flexibility index (Phi) is 3.64. The Morgan fingerprint density at radius 3 is 2.82 bits per heavy atom. The predicted molar refractivity (Wildman–Crippen MR) is 69.9 cm³/mol. The maximum atomic E-state index is 12.9. The molecule has 0 radical (unpaired) electrons. The van der Waals surface area contributed by atoms with Crippen LogP contribution >= 0.6 is 22.6 Å². The summed E-state index contributed by atoms with van der Waals surface area (Å²) in [6, 6.07) is 9.79. The molecule has 0 spiro atoms. The van der Waals surface area contributed by atoms with Crippen LogP contribution in [0.25, 0.3) is 0 Å². The van der Waals surface area contributed by atoms with E-state index in [-0.39, 0.29) is 11.6 Å². The van der Waals surface area contributed by atoms with Crippen LogP contribution in [-0.4, -0.2) is 0 Å². The summed E-state index contributed by atoms with van der Waals surface area (Å²) >= 11 is 2.06. The summed E-state index contributed by atoms with van der Waals surface area (Å²) in [5, 5.41) is 11.7. The minimum atomic E-state index is -0.260. The van der Waals surface area contributed by atoms with Crippen molar-refractivity contribution < 1.29 is 8.81 Å². The molecule has 1 aromatic carbocycles. The molecule has 0 unspecified atom stereocenters. The van der Waals surface area contributed by atoms with Gasteiger partial charge >= 0.3 is 0 Å². The zero-order chi connectivity index (χ0) is 12.3. The van der Waals surface area contributed by atoms with Crippen LogP contribution in [0.5, 0.6) is 0 Å². The molecule has 2 aromatic rings. The third-order valence-corrected chi connectivity index (χ3v) is 3.05. The number of halogens is 2. The lowest BCUT2D eigenvalue weighted by Gasteiger charge is -2.06. The third-order valence-electron chi connectivity index (χ3n) is 2.16. The van der Waals surface area contributed by atoms with Gasteiger partial charge in [0.15, 0.2) is 0 Å². The molecule has 0 atom stereocenters. The summed E-state index contributed by atoms with van der Waals surface area (Å²) < 4.78 is 18.9. The van der Waals surface area contributed by atoms with E-state index in [9.17, 15) is 4.39 Å². The average molecular weight is 342 g/mol. The van der Waals surface area contributed by atoms with Crippen LogP contribution in [0.4, 0.5) is 10.1 Å². The van der Waals surface area contributed by atoms with Gasteiger partial charge in [-0.3, -0.25) is 0 Å². The summed E-state index contributed by atoms with van der Waals surface area (Å²) in [7, 11) is 0. The molecule has 0 bridgehead atoms. The smallest absolute Gasteiger partial charge is 0.203 e. The van der Waals surface area contributed by atoms with Crippen LogP contribution < -0.4 is 5.32 Å². The van der Waals surface area contributed by atoms with Crippen molar-refractivity contribution in [2.45, 2.75) is 6.54 Å². The first-order valence-electron chi connectivity index (χ1n) is 4.87. The van der Waals surface area contributed by atoms with E-state index >= 15 is 0 Å². The quantitative estimate of drug-likeness (QED) is 0.869. The Bertz CT molecular complexity index is 574. The number of rotatable bonds is 3. The molecule has 0 aliphatic heterocycles. The number of hydrogen-bond acceptors (Lipinski definition) is 3. The van der Waals surface area contributed by atoms with Crippen LogP contribution in [0.1, 0.15) is 11.5 Å². The number of nitrogens with one attached hydrogen (secondary N) is 1. The number of anilines is 1. The van der Waals surface area contributed by atoms with E-state index in [4.69, 9.17) is 9.68 Å². The summed E-state index contributed by atoms with van der Waals surface area (Å²) in [4.78, 5) is 0. The summed E-state index contributed by atoms with van der Waals surface area (Å²) in [6.07, 6.45) is 0. The second-order valence-corrected chi connectivity index (χ2v) is 4.52. The number of furan rings is 1. The normalized spacial score (nSPS) is 9.94. The molecular formula is C12H8FIN2O. The van der Waals surface area contributed by atoms with E-state index in [1.165, 1.54) is 12.1 Å². The molecule has 1 aromatic heterocycles. The van der Waals surface area contributed by atoms with Crippen molar-refractivity contribution >= 4 is 28.3 Å². The molecule has 3 nitrogen and oxygen atoms in total. The molecule has 0 amide bonds. The zero-order valence-corrected chi connectivity index (χ0v) is 10.9. The van der Waals surface area contributed by atoms with Crippen molar-refractivity contribution in [3.8, 4) is 6.07 Å². The van der Waals surface area contributed by atoms with Crippen LogP contribution in [-0.2, 0) is 6.54 Å². The van der Waals surface area contributed by atoms with Gasteiger partial charge < -0.3 is 9.73 Å². The molecule has 2 rings (SSSR count). The van der Waals surface area contributed by atoms with Gasteiger partial charge in [-0.05, 0) is 52.9 Å². The van der Waals surface area contributed by atoms with Crippen molar-refractivity contribution in [3.05, 3.63) is 51.2 Å². The van der Waals surface area contributed by atoms with Crippen LogP contribution in [0.15, 0.2) is 34.7 Å². The topological polar surface area (TPSA) is 49.0 Å². The highest BCUT2D eigenvalue weighted by molar-refractivity contribution is 14.1. The lowest BCUT2D eigenvalue weighted by atomic mass is 10.3. The standard InChI is InChI=1S/C12H8FIN2O/c13-8-1-4-12(11(14)5-8)16-7-10-3-2-9(6-15)17-10/h1-5,16H,7H2. The maximum Gasteiger partial charge on any atom is 0.203 e. The molecule has 86 valence electrons. The Morgan fingerprint density at radius 2 is 2.18 bits per heavy atom. The third kappa shape index (κ3) is 2.97.